The van der Waals surface area contributed by atoms with E-state index in [-0.39, 0.29) is 11.0 Å². The van der Waals surface area contributed by atoms with Crippen LogP contribution < -0.4 is 18.9 Å². The van der Waals surface area contributed by atoms with Gasteiger partial charge in [0.05, 0.1) is 25.2 Å². The predicted molar refractivity (Wildman–Crippen MR) is 149 cm³/mol. The Kier molecular flexibility index (Phi) is 5.52. The highest BCUT2D eigenvalue weighted by Crippen LogP contribution is 2.71. The zero-order valence-corrected chi connectivity index (χ0v) is 22.4. The van der Waals surface area contributed by atoms with Gasteiger partial charge in [0.2, 0.25) is 5.69 Å². The summed E-state index contributed by atoms with van der Waals surface area (Å²) in [5, 5.41) is 0. The number of aromatic nitrogens is 1. The molecule has 2 heterocycles. The number of rotatable bonds is 7. The van der Waals surface area contributed by atoms with Gasteiger partial charge in [-0.05, 0) is 78.7 Å². The lowest BCUT2D eigenvalue weighted by Crippen LogP contribution is -2.54. The van der Waals surface area contributed by atoms with Gasteiger partial charge in [0, 0.05) is 41.5 Å². The Morgan fingerprint density at radius 3 is 1.89 bits per heavy atom. The number of anilines is 3. The van der Waals surface area contributed by atoms with Crippen LogP contribution in [-0.2, 0) is 11.0 Å². The van der Waals surface area contributed by atoms with Crippen LogP contribution in [0.1, 0.15) is 39.2 Å². The molecule has 3 atom stereocenters. The lowest BCUT2D eigenvalue weighted by molar-refractivity contribution is -0.738. The third-order valence-electron chi connectivity index (χ3n) is 9.21. The minimum Gasteiger partial charge on any atom is -0.497 e. The molecule has 0 spiro atoms. The fourth-order valence-electron chi connectivity index (χ4n) is 7.47. The van der Waals surface area contributed by atoms with Crippen LogP contribution in [0.2, 0.25) is 0 Å². The molecule has 0 amide bonds. The molecule has 1 saturated carbocycles. The van der Waals surface area contributed by atoms with Crippen molar-refractivity contribution in [2.75, 3.05) is 19.1 Å². The number of benzene rings is 3. The topological polar surface area (TPSA) is 25.6 Å². The van der Waals surface area contributed by atoms with E-state index in [9.17, 15) is 0 Å². The summed E-state index contributed by atoms with van der Waals surface area (Å²) in [5.41, 5.74) is 7.74. The quantitative estimate of drug-likeness (QED) is 0.250. The first-order valence-electron chi connectivity index (χ1n) is 13.3. The molecule has 6 rings (SSSR count). The van der Waals surface area contributed by atoms with Gasteiger partial charge in [-0.2, -0.15) is 4.57 Å². The number of nitrogens with zero attached hydrogens (tertiary/aromatic N) is 2. The monoisotopic (exact) mass is 491 g/mol. The molecule has 4 aromatic rings. The lowest BCUT2D eigenvalue weighted by Gasteiger charge is -2.31. The third kappa shape index (κ3) is 3.11. The Hall–Kier alpha value is -3.79. The summed E-state index contributed by atoms with van der Waals surface area (Å²) in [5.74, 6) is 2.28. The molecule has 0 radical (unpaired) electrons. The Balaban J connectivity index is 1.55. The van der Waals surface area contributed by atoms with Crippen molar-refractivity contribution in [3.8, 4) is 22.8 Å². The summed E-state index contributed by atoms with van der Waals surface area (Å²) in [6, 6.07) is 30.3. The maximum Gasteiger partial charge on any atom is 0.213 e. The van der Waals surface area contributed by atoms with Gasteiger partial charge in [-0.25, -0.2) is 0 Å². The molecule has 4 heteroatoms. The molecule has 1 aliphatic carbocycles. The van der Waals surface area contributed by atoms with E-state index in [4.69, 9.17) is 9.47 Å². The molecule has 3 unspecified atom stereocenters. The zero-order chi connectivity index (χ0) is 25.8. The molecule has 37 heavy (non-hydrogen) atoms. The highest BCUT2D eigenvalue weighted by Gasteiger charge is 2.82. The fourth-order valence-corrected chi connectivity index (χ4v) is 7.47. The second-order valence-corrected chi connectivity index (χ2v) is 10.2. The average Bonchev–Trinajstić information content (AvgIpc) is 3.53. The van der Waals surface area contributed by atoms with Gasteiger partial charge < -0.3 is 14.4 Å². The van der Waals surface area contributed by atoms with Crippen LogP contribution >= 0.6 is 0 Å². The summed E-state index contributed by atoms with van der Waals surface area (Å²) < 4.78 is 13.5. The number of ether oxygens (including phenoxy) is 2. The molecule has 0 saturated heterocycles. The summed E-state index contributed by atoms with van der Waals surface area (Å²) in [6.07, 6.45) is 4.57. The van der Waals surface area contributed by atoms with Crippen LogP contribution in [0.15, 0.2) is 91.1 Å². The van der Waals surface area contributed by atoms with Crippen LogP contribution in [0.4, 0.5) is 17.1 Å². The summed E-state index contributed by atoms with van der Waals surface area (Å²) in [7, 11) is 3.40. The van der Waals surface area contributed by atoms with E-state index in [1.165, 1.54) is 16.8 Å². The zero-order valence-electron chi connectivity index (χ0n) is 22.4. The average molecular weight is 492 g/mol. The van der Waals surface area contributed by atoms with Gasteiger partial charge in [-0.3, -0.25) is 0 Å². The third-order valence-corrected chi connectivity index (χ3v) is 9.21. The van der Waals surface area contributed by atoms with Gasteiger partial charge >= 0.3 is 0 Å². The predicted octanol–water partition coefficient (Wildman–Crippen LogP) is 7.54. The van der Waals surface area contributed by atoms with E-state index in [1.54, 1.807) is 14.2 Å². The van der Waals surface area contributed by atoms with Crippen molar-refractivity contribution >= 4 is 17.1 Å². The van der Waals surface area contributed by atoms with E-state index >= 15 is 0 Å². The van der Waals surface area contributed by atoms with Crippen molar-refractivity contribution in [1.29, 1.82) is 0 Å². The van der Waals surface area contributed by atoms with Crippen molar-refractivity contribution in [1.82, 2.24) is 0 Å². The smallest absolute Gasteiger partial charge is 0.213 e. The standard InChI is InChI=1S/C33H35N2O2/c1-6-32-23(3)33(32,7-2)34-21-9-8-10-31(34)29-22-26(15-20-30(29)32)35(24-11-16-27(36-4)17-12-24)25-13-18-28(37-5)19-14-25/h8-23H,6-7H2,1-5H3/q+1. The largest absolute Gasteiger partial charge is 0.497 e. The first-order valence-corrected chi connectivity index (χ1v) is 13.3. The lowest BCUT2D eigenvalue weighted by atomic mass is 9.79. The Labute approximate surface area is 220 Å². The van der Waals surface area contributed by atoms with Crippen LogP contribution in [0.25, 0.3) is 11.3 Å². The molecule has 188 valence electrons. The van der Waals surface area contributed by atoms with Crippen LogP contribution in [0.5, 0.6) is 11.5 Å². The van der Waals surface area contributed by atoms with Crippen LogP contribution in [-0.4, -0.2) is 14.2 Å². The number of fused-ring (bicyclic) bond motifs is 6. The molecule has 3 aromatic carbocycles. The van der Waals surface area contributed by atoms with Crippen LogP contribution in [0.3, 0.4) is 0 Å². The van der Waals surface area contributed by atoms with Gasteiger partial charge in [-0.15, -0.1) is 0 Å². The number of pyridine rings is 1. The molecular formula is C33H35N2O2+. The molecule has 2 aliphatic rings. The molecule has 0 N–H and O–H groups in total. The Morgan fingerprint density at radius 2 is 1.35 bits per heavy atom. The van der Waals surface area contributed by atoms with E-state index < -0.39 is 0 Å². The Bertz CT molecular complexity index is 1400. The second kappa shape index (κ2) is 8.65. The first kappa shape index (κ1) is 23.6. The Morgan fingerprint density at radius 1 is 0.757 bits per heavy atom. The summed E-state index contributed by atoms with van der Waals surface area (Å²) >= 11 is 0. The fraction of sp³-hybridized carbons (Fsp3) is 0.303. The number of hydrogen-bond donors (Lipinski definition) is 0. The summed E-state index contributed by atoms with van der Waals surface area (Å²) in [4.78, 5) is 2.31. The van der Waals surface area contributed by atoms with E-state index in [2.05, 4.69) is 97.1 Å². The van der Waals surface area contributed by atoms with Crippen molar-refractivity contribution in [3.63, 3.8) is 0 Å². The van der Waals surface area contributed by atoms with Crippen molar-refractivity contribution in [3.05, 3.63) is 96.7 Å². The van der Waals surface area contributed by atoms with E-state index in [0.717, 1.165) is 41.4 Å². The summed E-state index contributed by atoms with van der Waals surface area (Å²) in [6.45, 7) is 7.16. The molecular weight excluding hydrogens is 456 g/mol. The maximum atomic E-state index is 5.44. The van der Waals surface area contributed by atoms with Crippen LogP contribution in [0, 0.1) is 5.92 Å². The highest BCUT2D eigenvalue weighted by atomic mass is 16.5. The van der Waals surface area contributed by atoms with Gasteiger partial charge in [0.15, 0.2) is 11.7 Å². The minimum absolute atomic E-state index is 0.151. The van der Waals surface area contributed by atoms with Gasteiger partial charge in [0.25, 0.3) is 0 Å². The van der Waals surface area contributed by atoms with Crippen molar-refractivity contribution in [2.24, 2.45) is 5.92 Å². The molecule has 4 nitrogen and oxygen atoms in total. The highest BCUT2D eigenvalue weighted by molar-refractivity contribution is 5.81. The second-order valence-electron chi connectivity index (χ2n) is 10.2. The van der Waals surface area contributed by atoms with E-state index in [1.807, 2.05) is 24.3 Å². The van der Waals surface area contributed by atoms with Gasteiger partial charge in [-0.1, -0.05) is 26.8 Å². The van der Waals surface area contributed by atoms with Crippen molar-refractivity contribution < 1.29 is 14.0 Å². The SMILES string of the molecule is CCC12c3ccc(N(c4ccc(OC)cc4)c4ccc(OC)cc4)cc3-c3cccc[n+]3C1(CC)C2C. The molecule has 1 aliphatic heterocycles. The number of methoxy groups -OCH3 is 2. The normalized spacial score (nSPS) is 22.9. The maximum absolute atomic E-state index is 5.44. The molecule has 1 aromatic heterocycles. The minimum atomic E-state index is 0.151. The first-order chi connectivity index (χ1) is 18.0. The van der Waals surface area contributed by atoms with Gasteiger partial charge in [0.1, 0.15) is 11.5 Å². The molecule has 0 bridgehead atoms. The van der Waals surface area contributed by atoms with Crippen molar-refractivity contribution in [2.45, 2.75) is 44.6 Å². The number of hydrogen-bond acceptors (Lipinski definition) is 3. The van der Waals surface area contributed by atoms with E-state index in [0.29, 0.717) is 5.92 Å². The molecule has 1 fully saturated rings.